The van der Waals surface area contributed by atoms with E-state index in [0.717, 1.165) is 9.75 Å². The van der Waals surface area contributed by atoms with Crippen LogP contribution in [0.3, 0.4) is 0 Å². The Morgan fingerprint density at radius 1 is 1.17 bits per heavy atom. The van der Waals surface area contributed by atoms with Crippen LogP contribution in [0.25, 0.3) is 0 Å². The van der Waals surface area contributed by atoms with Crippen LogP contribution in [-0.4, -0.2) is 40.1 Å². The first-order chi connectivity index (χ1) is 8.86. The number of nitrogens with two attached hydrogens (primary N) is 1. The lowest BCUT2D eigenvalue weighted by atomic mass is 10.4. The summed E-state index contributed by atoms with van der Waals surface area (Å²) in [6.45, 7) is 3.40. The van der Waals surface area contributed by atoms with Crippen LogP contribution in [0, 0.1) is 11.8 Å². The van der Waals surface area contributed by atoms with Crippen molar-refractivity contribution in [2.24, 2.45) is 5.73 Å². The van der Waals surface area contributed by atoms with Crippen LogP contribution in [0.15, 0.2) is 12.1 Å². The van der Waals surface area contributed by atoms with E-state index in [1.54, 1.807) is 18.4 Å². The zero-order valence-corrected chi connectivity index (χ0v) is 11.4. The quantitative estimate of drug-likeness (QED) is 0.570. The lowest BCUT2D eigenvalue weighted by molar-refractivity contribution is 0.0205. The third-order valence-electron chi connectivity index (χ3n) is 2.02. The monoisotopic (exact) mass is 269 g/mol. The summed E-state index contributed by atoms with van der Waals surface area (Å²) < 4.78 is 15.6. The minimum absolute atomic E-state index is 0.391. The highest BCUT2D eigenvalue weighted by Crippen LogP contribution is 2.16. The molecule has 0 amide bonds. The largest absolute Gasteiger partial charge is 0.382 e. The molecule has 5 heteroatoms. The van der Waals surface area contributed by atoms with Gasteiger partial charge < -0.3 is 19.9 Å². The second-order valence-electron chi connectivity index (χ2n) is 3.43. The average Bonchev–Trinajstić information content (AvgIpc) is 2.83. The molecule has 1 aromatic heterocycles. The smallest absolute Gasteiger partial charge is 0.0810 e. The fourth-order valence-corrected chi connectivity index (χ4v) is 2.02. The van der Waals surface area contributed by atoms with Crippen molar-refractivity contribution in [3.8, 4) is 11.8 Å². The fourth-order valence-electron chi connectivity index (χ4n) is 1.20. The molecule has 0 aliphatic heterocycles. The van der Waals surface area contributed by atoms with Gasteiger partial charge in [-0.15, -0.1) is 11.3 Å². The van der Waals surface area contributed by atoms with Gasteiger partial charge in [0.2, 0.25) is 0 Å². The summed E-state index contributed by atoms with van der Waals surface area (Å²) in [6.07, 6.45) is 0. The predicted molar refractivity (Wildman–Crippen MR) is 72.6 cm³/mol. The van der Waals surface area contributed by atoms with E-state index in [4.69, 9.17) is 19.9 Å². The lowest BCUT2D eigenvalue weighted by Gasteiger charge is -2.04. The minimum atomic E-state index is 0.391. The maximum Gasteiger partial charge on any atom is 0.0810 e. The van der Waals surface area contributed by atoms with Crippen LogP contribution in [0.2, 0.25) is 0 Å². The van der Waals surface area contributed by atoms with Crippen LogP contribution in [0.4, 0.5) is 0 Å². The predicted octanol–water partition coefficient (Wildman–Crippen LogP) is 1.24. The highest BCUT2D eigenvalue weighted by Gasteiger charge is 1.98. The van der Waals surface area contributed by atoms with E-state index in [1.165, 1.54) is 0 Å². The van der Waals surface area contributed by atoms with Gasteiger partial charge in [0.1, 0.15) is 0 Å². The van der Waals surface area contributed by atoms with Crippen molar-refractivity contribution in [3.05, 3.63) is 21.9 Å². The van der Waals surface area contributed by atoms with E-state index in [-0.39, 0.29) is 0 Å². The van der Waals surface area contributed by atoms with Gasteiger partial charge in [-0.25, -0.2) is 0 Å². The van der Waals surface area contributed by atoms with Crippen LogP contribution in [0.5, 0.6) is 0 Å². The van der Waals surface area contributed by atoms with Crippen LogP contribution in [-0.2, 0) is 20.8 Å². The summed E-state index contributed by atoms with van der Waals surface area (Å²) in [5.41, 5.74) is 5.31. The van der Waals surface area contributed by atoms with E-state index >= 15 is 0 Å². The first-order valence-corrected chi connectivity index (χ1v) is 6.60. The first kappa shape index (κ1) is 15.2. The van der Waals surface area contributed by atoms with Crippen LogP contribution in [0.1, 0.15) is 9.75 Å². The Morgan fingerprint density at radius 3 is 2.72 bits per heavy atom. The third-order valence-corrected chi connectivity index (χ3v) is 3.00. The average molecular weight is 269 g/mol. The molecule has 0 fully saturated rings. The maximum absolute atomic E-state index is 5.49. The van der Waals surface area contributed by atoms with Crippen molar-refractivity contribution < 1.29 is 14.2 Å². The van der Waals surface area contributed by atoms with Crippen molar-refractivity contribution in [2.75, 3.05) is 40.1 Å². The van der Waals surface area contributed by atoms with Crippen molar-refractivity contribution in [1.82, 2.24) is 0 Å². The Balaban J connectivity index is 2.10. The summed E-state index contributed by atoms with van der Waals surface area (Å²) in [5.74, 6) is 5.83. The molecule has 1 rings (SSSR count). The van der Waals surface area contributed by atoms with E-state index in [0.29, 0.717) is 39.6 Å². The number of hydrogen-bond acceptors (Lipinski definition) is 5. The number of rotatable bonds is 8. The Morgan fingerprint density at radius 2 is 1.94 bits per heavy atom. The second kappa shape index (κ2) is 10.1. The minimum Gasteiger partial charge on any atom is -0.382 e. The molecule has 0 saturated carbocycles. The molecule has 0 spiro atoms. The molecule has 100 valence electrons. The Bertz CT molecular complexity index is 381. The fraction of sp³-hybridized carbons (Fsp3) is 0.538. The van der Waals surface area contributed by atoms with Gasteiger partial charge >= 0.3 is 0 Å². The molecule has 4 nitrogen and oxygen atoms in total. The normalized spacial score (nSPS) is 10.1. The highest BCUT2D eigenvalue weighted by molar-refractivity contribution is 7.12. The zero-order chi connectivity index (χ0) is 13.1. The molecule has 0 radical (unpaired) electrons. The molecule has 0 aliphatic carbocycles. The van der Waals surface area contributed by atoms with Gasteiger partial charge in [-0.05, 0) is 12.1 Å². The molecule has 0 aromatic carbocycles. The second-order valence-corrected chi connectivity index (χ2v) is 4.60. The Hall–Kier alpha value is -0.900. The summed E-state index contributed by atoms with van der Waals surface area (Å²) in [4.78, 5) is 2.18. The molecule has 0 atom stereocenters. The van der Waals surface area contributed by atoms with Gasteiger partial charge in [0, 0.05) is 12.0 Å². The van der Waals surface area contributed by atoms with Gasteiger partial charge in [0.05, 0.1) is 44.5 Å². The highest BCUT2D eigenvalue weighted by atomic mass is 32.1. The van der Waals surface area contributed by atoms with Gasteiger partial charge in [-0.2, -0.15) is 0 Å². The molecule has 0 saturated heterocycles. The van der Waals surface area contributed by atoms with Crippen molar-refractivity contribution in [3.63, 3.8) is 0 Å². The molecule has 0 unspecified atom stereocenters. The van der Waals surface area contributed by atoms with Gasteiger partial charge in [0.25, 0.3) is 0 Å². The summed E-state index contributed by atoms with van der Waals surface area (Å²) >= 11 is 1.63. The number of ether oxygens (including phenoxy) is 3. The van der Waals surface area contributed by atoms with Gasteiger partial charge in [-0.1, -0.05) is 11.8 Å². The molecule has 2 N–H and O–H groups in total. The third kappa shape index (κ3) is 6.74. The van der Waals surface area contributed by atoms with E-state index in [1.807, 2.05) is 12.1 Å². The van der Waals surface area contributed by atoms with Crippen molar-refractivity contribution in [2.45, 2.75) is 6.61 Å². The van der Waals surface area contributed by atoms with Crippen LogP contribution >= 0.6 is 11.3 Å². The Kier molecular flexibility index (Phi) is 8.47. The number of hydrogen-bond donors (Lipinski definition) is 1. The lowest BCUT2D eigenvalue weighted by Crippen LogP contribution is -2.07. The zero-order valence-electron chi connectivity index (χ0n) is 10.6. The van der Waals surface area contributed by atoms with Gasteiger partial charge in [-0.3, -0.25) is 0 Å². The van der Waals surface area contributed by atoms with Gasteiger partial charge in [0.15, 0.2) is 0 Å². The molecular formula is C13H19NO3S. The topological polar surface area (TPSA) is 53.7 Å². The molecule has 1 heterocycles. The molecule has 1 aromatic rings. The first-order valence-electron chi connectivity index (χ1n) is 5.79. The standard InChI is InChI=1S/C13H19NO3S/c1-15-7-8-16-9-10-17-11-13-5-4-12(18-13)3-2-6-14/h4-5H,6-11,14H2,1H3. The number of thiophene rings is 1. The Labute approximate surface area is 112 Å². The van der Waals surface area contributed by atoms with Crippen molar-refractivity contribution >= 4 is 11.3 Å². The molecule has 0 aliphatic rings. The summed E-state index contributed by atoms with van der Waals surface area (Å²) in [7, 11) is 1.65. The van der Waals surface area contributed by atoms with Crippen molar-refractivity contribution in [1.29, 1.82) is 0 Å². The van der Waals surface area contributed by atoms with E-state index < -0.39 is 0 Å². The van der Waals surface area contributed by atoms with E-state index in [2.05, 4.69) is 11.8 Å². The van der Waals surface area contributed by atoms with Crippen LogP contribution < -0.4 is 5.73 Å². The molecule has 18 heavy (non-hydrogen) atoms. The van der Waals surface area contributed by atoms with E-state index in [9.17, 15) is 0 Å². The molecule has 0 bridgehead atoms. The summed E-state index contributed by atoms with van der Waals surface area (Å²) in [5, 5.41) is 0. The SMILES string of the molecule is COCCOCCOCc1ccc(C#CCN)s1. The molecular weight excluding hydrogens is 250 g/mol. The maximum atomic E-state index is 5.49. The summed E-state index contributed by atoms with van der Waals surface area (Å²) in [6, 6.07) is 4.01. The number of methoxy groups -OCH3 is 1.